The summed E-state index contributed by atoms with van der Waals surface area (Å²) >= 11 is 7.40. The van der Waals surface area contributed by atoms with Crippen LogP contribution < -0.4 is 16.6 Å². The predicted octanol–water partition coefficient (Wildman–Crippen LogP) is 2.76. The lowest BCUT2D eigenvalue weighted by molar-refractivity contribution is -0.139. The fourth-order valence-electron chi connectivity index (χ4n) is 3.52. The predicted molar refractivity (Wildman–Crippen MR) is 127 cm³/mol. The highest BCUT2D eigenvalue weighted by Gasteiger charge is 2.23. The first-order valence-corrected chi connectivity index (χ1v) is 11.2. The maximum absolute atomic E-state index is 12.7. The van der Waals surface area contributed by atoms with E-state index < -0.39 is 17.9 Å². The first-order valence-electron chi connectivity index (χ1n) is 10.0. The largest absolute Gasteiger partial charge is 0.480 e. The molecule has 1 amide bonds. The number of aromatic amines is 2. The number of aromatic nitrogens is 3. The standard InChI is InChI=1S/C22H20ClN5O4S/c23-14-4-2-1-3-11(14)9-15(21(31)32)26-19(29)16-8-7-13(33-16)6-5-12-10-25-18-17(12)20(30)28-22(24)27-18/h1-4,7-8,10,15H,5-6,9H2,(H,26,29)(H,31,32)(H4,24,25,27,28,30)/t15-/m0/s1. The van der Waals surface area contributed by atoms with Crippen molar-refractivity contribution in [3.8, 4) is 0 Å². The summed E-state index contributed by atoms with van der Waals surface area (Å²) in [5.41, 5.74) is 7.12. The second-order valence-electron chi connectivity index (χ2n) is 7.41. The van der Waals surface area contributed by atoms with Crippen LogP contribution in [0.3, 0.4) is 0 Å². The van der Waals surface area contributed by atoms with Gasteiger partial charge in [-0.05, 0) is 42.2 Å². The molecule has 33 heavy (non-hydrogen) atoms. The number of thiophene rings is 1. The zero-order valence-electron chi connectivity index (χ0n) is 17.2. The Hall–Kier alpha value is -3.63. The van der Waals surface area contributed by atoms with Crippen LogP contribution in [-0.4, -0.2) is 38.0 Å². The first kappa shape index (κ1) is 22.6. The number of carbonyl (C=O) groups is 2. The summed E-state index contributed by atoms with van der Waals surface area (Å²) in [7, 11) is 0. The Labute approximate surface area is 196 Å². The number of rotatable bonds is 8. The number of aryl methyl sites for hydroxylation is 2. The zero-order valence-corrected chi connectivity index (χ0v) is 18.8. The number of nitrogens with zero attached hydrogens (tertiary/aromatic N) is 1. The number of hydrogen-bond donors (Lipinski definition) is 5. The molecular weight excluding hydrogens is 466 g/mol. The van der Waals surface area contributed by atoms with Crippen LogP contribution >= 0.6 is 22.9 Å². The average molecular weight is 486 g/mol. The van der Waals surface area contributed by atoms with Crippen LogP contribution in [0, 0.1) is 0 Å². The van der Waals surface area contributed by atoms with Gasteiger partial charge in [-0.3, -0.25) is 14.6 Å². The van der Waals surface area contributed by atoms with Gasteiger partial charge >= 0.3 is 5.97 Å². The van der Waals surface area contributed by atoms with Gasteiger partial charge in [0, 0.05) is 22.5 Å². The van der Waals surface area contributed by atoms with Gasteiger partial charge in [-0.1, -0.05) is 29.8 Å². The van der Waals surface area contributed by atoms with Gasteiger partial charge in [0.15, 0.2) is 0 Å². The number of fused-ring (bicyclic) bond motifs is 1. The van der Waals surface area contributed by atoms with Gasteiger partial charge in [0.2, 0.25) is 5.95 Å². The van der Waals surface area contributed by atoms with Crippen LogP contribution in [0.4, 0.5) is 5.95 Å². The number of halogens is 1. The monoisotopic (exact) mass is 485 g/mol. The Balaban J connectivity index is 1.42. The van der Waals surface area contributed by atoms with Crippen molar-refractivity contribution in [2.45, 2.75) is 25.3 Å². The molecule has 9 nitrogen and oxygen atoms in total. The number of hydrogen-bond acceptors (Lipinski definition) is 6. The van der Waals surface area contributed by atoms with Crippen LogP contribution in [0.25, 0.3) is 11.0 Å². The Morgan fingerprint density at radius 1 is 1.18 bits per heavy atom. The fraction of sp³-hybridized carbons (Fsp3) is 0.182. The van der Waals surface area contributed by atoms with E-state index in [9.17, 15) is 19.5 Å². The Morgan fingerprint density at radius 3 is 2.73 bits per heavy atom. The Morgan fingerprint density at radius 2 is 1.97 bits per heavy atom. The number of nitrogens with two attached hydrogens (primary N) is 1. The Bertz CT molecular complexity index is 1390. The summed E-state index contributed by atoms with van der Waals surface area (Å²) in [6.45, 7) is 0. The van der Waals surface area contributed by atoms with Gasteiger partial charge < -0.3 is 21.1 Å². The maximum atomic E-state index is 12.7. The molecule has 0 saturated heterocycles. The van der Waals surface area contributed by atoms with E-state index in [2.05, 4.69) is 20.3 Å². The average Bonchev–Trinajstić information content (AvgIpc) is 3.40. The number of nitrogens with one attached hydrogen (secondary N) is 3. The lowest BCUT2D eigenvalue weighted by Crippen LogP contribution is -2.42. The van der Waals surface area contributed by atoms with Crippen molar-refractivity contribution in [1.82, 2.24) is 20.3 Å². The maximum Gasteiger partial charge on any atom is 0.326 e. The molecule has 0 unspecified atom stereocenters. The van der Waals surface area contributed by atoms with Gasteiger partial charge in [-0.2, -0.15) is 4.98 Å². The molecule has 1 aromatic carbocycles. The van der Waals surface area contributed by atoms with Crippen LogP contribution in [0.1, 0.15) is 25.7 Å². The first-order chi connectivity index (χ1) is 15.8. The lowest BCUT2D eigenvalue weighted by atomic mass is 10.1. The molecule has 0 aliphatic carbocycles. The molecule has 1 atom stereocenters. The zero-order chi connectivity index (χ0) is 23.5. The molecule has 0 spiro atoms. The molecule has 4 aromatic rings. The highest BCUT2D eigenvalue weighted by atomic mass is 35.5. The van der Waals surface area contributed by atoms with E-state index in [1.54, 1.807) is 36.5 Å². The van der Waals surface area contributed by atoms with Crippen molar-refractivity contribution in [2.24, 2.45) is 0 Å². The number of benzene rings is 1. The van der Waals surface area contributed by atoms with Crippen LogP contribution in [-0.2, 0) is 24.1 Å². The van der Waals surface area contributed by atoms with Gasteiger partial charge in [0.1, 0.15) is 11.7 Å². The third kappa shape index (κ3) is 5.07. The minimum Gasteiger partial charge on any atom is -0.480 e. The van der Waals surface area contributed by atoms with Crippen LogP contribution in [0.2, 0.25) is 5.02 Å². The number of aliphatic carboxylic acids is 1. The van der Waals surface area contributed by atoms with Crippen LogP contribution in [0.5, 0.6) is 0 Å². The number of anilines is 1. The molecular formula is C22H20ClN5O4S. The summed E-state index contributed by atoms with van der Waals surface area (Å²) < 4.78 is 0. The smallest absolute Gasteiger partial charge is 0.326 e. The molecule has 0 aliphatic rings. The fourth-order valence-corrected chi connectivity index (χ4v) is 4.65. The normalized spacial score (nSPS) is 12.0. The molecule has 4 rings (SSSR count). The van der Waals surface area contributed by atoms with E-state index in [1.165, 1.54) is 11.3 Å². The van der Waals surface area contributed by atoms with Gasteiger partial charge in [-0.15, -0.1) is 11.3 Å². The van der Waals surface area contributed by atoms with Gasteiger partial charge in [-0.25, -0.2) is 4.79 Å². The summed E-state index contributed by atoms with van der Waals surface area (Å²) in [5.74, 6) is -1.56. The highest BCUT2D eigenvalue weighted by Crippen LogP contribution is 2.22. The summed E-state index contributed by atoms with van der Waals surface area (Å²) in [6.07, 6.45) is 2.95. The number of amides is 1. The summed E-state index contributed by atoms with van der Waals surface area (Å²) in [4.78, 5) is 47.4. The molecule has 0 aliphatic heterocycles. The highest BCUT2D eigenvalue weighted by molar-refractivity contribution is 7.14. The van der Waals surface area contributed by atoms with E-state index in [-0.39, 0.29) is 17.9 Å². The molecule has 11 heteroatoms. The molecule has 0 fully saturated rings. The molecule has 0 saturated carbocycles. The quantitative estimate of drug-likeness (QED) is 0.258. The number of carbonyl (C=O) groups excluding carboxylic acids is 1. The lowest BCUT2D eigenvalue weighted by Gasteiger charge is -2.14. The second-order valence-corrected chi connectivity index (χ2v) is 8.99. The summed E-state index contributed by atoms with van der Waals surface area (Å²) in [6, 6.07) is 9.29. The van der Waals surface area contributed by atoms with Crippen molar-refractivity contribution >= 4 is 51.8 Å². The van der Waals surface area contributed by atoms with E-state index in [0.29, 0.717) is 39.3 Å². The van der Waals surface area contributed by atoms with Gasteiger partial charge in [0.25, 0.3) is 11.5 Å². The number of H-pyrrole nitrogens is 2. The SMILES string of the molecule is Nc1nc2[nH]cc(CCc3ccc(C(=O)N[C@@H](Cc4ccccc4Cl)C(=O)O)s3)c2c(=O)[nH]1. The van der Waals surface area contributed by atoms with Crippen LogP contribution in [0.15, 0.2) is 47.4 Å². The van der Waals surface area contributed by atoms with E-state index in [0.717, 1.165) is 10.4 Å². The molecule has 3 heterocycles. The third-order valence-electron chi connectivity index (χ3n) is 5.15. The van der Waals surface area contributed by atoms with E-state index in [4.69, 9.17) is 17.3 Å². The molecule has 3 aromatic heterocycles. The topological polar surface area (TPSA) is 154 Å². The van der Waals surface area contributed by atoms with Crippen molar-refractivity contribution < 1.29 is 14.7 Å². The van der Waals surface area contributed by atoms with Crippen molar-refractivity contribution in [3.63, 3.8) is 0 Å². The van der Waals surface area contributed by atoms with Crippen molar-refractivity contribution in [3.05, 3.63) is 78.9 Å². The second kappa shape index (κ2) is 9.47. The van der Waals surface area contributed by atoms with Crippen molar-refractivity contribution in [2.75, 3.05) is 5.73 Å². The molecule has 0 radical (unpaired) electrons. The summed E-state index contributed by atoms with van der Waals surface area (Å²) in [5, 5.41) is 13.0. The third-order valence-corrected chi connectivity index (χ3v) is 6.67. The molecule has 0 bridgehead atoms. The number of nitrogen functional groups attached to an aromatic ring is 1. The number of carboxylic acids is 1. The van der Waals surface area contributed by atoms with E-state index in [1.807, 2.05) is 6.07 Å². The molecule has 6 N–H and O–H groups in total. The Kier molecular flexibility index (Phi) is 6.47. The minimum absolute atomic E-state index is 0.0454. The van der Waals surface area contributed by atoms with E-state index >= 15 is 0 Å². The molecule has 170 valence electrons. The number of carboxylic acid groups (broad SMARTS) is 1. The minimum atomic E-state index is -1.14. The van der Waals surface area contributed by atoms with Crippen molar-refractivity contribution in [1.29, 1.82) is 0 Å². The van der Waals surface area contributed by atoms with Gasteiger partial charge in [0.05, 0.1) is 10.3 Å².